The highest BCUT2D eigenvalue weighted by molar-refractivity contribution is 9.10. The van der Waals surface area contributed by atoms with Crippen molar-refractivity contribution in [3.05, 3.63) is 75.1 Å². The Morgan fingerprint density at radius 3 is 2.57 bits per heavy atom. The Bertz CT molecular complexity index is 1230. The normalized spacial score (nSPS) is 11.3. The Balaban J connectivity index is 1.70. The molecule has 2 aromatic carbocycles. The van der Waals surface area contributed by atoms with Gasteiger partial charge in [-0.1, -0.05) is 52.8 Å². The summed E-state index contributed by atoms with van der Waals surface area (Å²) in [6.07, 6.45) is 1.81. The van der Waals surface area contributed by atoms with Gasteiger partial charge in [0, 0.05) is 10.2 Å². The summed E-state index contributed by atoms with van der Waals surface area (Å²) in [5.41, 5.74) is 0.847. The van der Waals surface area contributed by atoms with Crippen LogP contribution in [0.2, 0.25) is 0 Å². The third-order valence-electron chi connectivity index (χ3n) is 4.12. The van der Waals surface area contributed by atoms with Crippen molar-refractivity contribution in [2.45, 2.75) is 28.3 Å². The van der Waals surface area contributed by atoms with Crippen LogP contribution in [0.25, 0.3) is 0 Å². The van der Waals surface area contributed by atoms with Gasteiger partial charge >= 0.3 is 0 Å². The Morgan fingerprint density at radius 2 is 1.93 bits per heavy atom. The number of benzene rings is 2. The molecule has 0 saturated carbocycles. The number of aromatic amines is 1. The standard InChI is InChI=1S/C20H18BrN3O4S2/c1-2-13-6-8-16(9-7-13)30(27,28)17-11-22-20(24-19(17)26)29-12-18(25)23-15-5-3-4-14(21)10-15/h3-11H,2,12H2,1H3,(H,23,25)(H,22,24,26). The van der Waals surface area contributed by atoms with E-state index in [0.29, 0.717) is 5.69 Å². The molecule has 0 spiro atoms. The fourth-order valence-electron chi connectivity index (χ4n) is 2.56. The molecule has 0 aliphatic heterocycles. The van der Waals surface area contributed by atoms with E-state index in [9.17, 15) is 18.0 Å². The van der Waals surface area contributed by atoms with Crippen LogP contribution in [-0.2, 0) is 21.1 Å². The van der Waals surface area contributed by atoms with Gasteiger partial charge < -0.3 is 10.3 Å². The first-order chi connectivity index (χ1) is 14.3. The van der Waals surface area contributed by atoms with Gasteiger partial charge in [0.2, 0.25) is 15.7 Å². The zero-order chi connectivity index (χ0) is 21.7. The fourth-order valence-corrected chi connectivity index (χ4v) is 4.83. The van der Waals surface area contributed by atoms with Crippen LogP contribution in [0.15, 0.2) is 78.9 Å². The quantitative estimate of drug-likeness (QED) is 0.373. The SMILES string of the molecule is CCc1ccc(S(=O)(=O)c2cnc(SCC(=O)Nc3cccc(Br)c3)[nH]c2=O)cc1. The lowest BCUT2D eigenvalue weighted by atomic mass is 10.2. The molecule has 156 valence electrons. The van der Waals surface area contributed by atoms with Crippen molar-refractivity contribution in [1.29, 1.82) is 0 Å². The third kappa shape index (κ3) is 5.38. The summed E-state index contributed by atoms with van der Waals surface area (Å²) in [7, 11) is -3.99. The number of halogens is 1. The van der Waals surface area contributed by atoms with Gasteiger partial charge in [-0.15, -0.1) is 0 Å². The molecule has 10 heteroatoms. The van der Waals surface area contributed by atoms with Crippen molar-refractivity contribution < 1.29 is 13.2 Å². The molecular weight excluding hydrogens is 490 g/mol. The molecule has 0 aliphatic rings. The highest BCUT2D eigenvalue weighted by atomic mass is 79.9. The molecule has 0 unspecified atom stereocenters. The first-order valence-electron chi connectivity index (χ1n) is 8.91. The molecule has 3 rings (SSSR count). The lowest BCUT2D eigenvalue weighted by Crippen LogP contribution is -2.20. The van der Waals surface area contributed by atoms with E-state index in [1.165, 1.54) is 12.1 Å². The van der Waals surface area contributed by atoms with Gasteiger partial charge in [-0.05, 0) is 42.3 Å². The lowest BCUT2D eigenvalue weighted by molar-refractivity contribution is -0.113. The van der Waals surface area contributed by atoms with Crippen molar-refractivity contribution in [2.75, 3.05) is 11.1 Å². The summed E-state index contributed by atoms with van der Waals surface area (Å²) in [6, 6.07) is 13.5. The smallest absolute Gasteiger partial charge is 0.270 e. The second-order valence-electron chi connectivity index (χ2n) is 6.23. The number of rotatable bonds is 7. The van der Waals surface area contributed by atoms with Crippen LogP contribution in [-0.4, -0.2) is 30.0 Å². The largest absolute Gasteiger partial charge is 0.325 e. The van der Waals surface area contributed by atoms with Gasteiger partial charge in [0.25, 0.3) is 5.56 Å². The summed E-state index contributed by atoms with van der Waals surface area (Å²) >= 11 is 4.33. The Kier molecular flexibility index (Phi) is 7.11. The first kappa shape index (κ1) is 22.3. The number of thioether (sulfide) groups is 1. The monoisotopic (exact) mass is 507 g/mol. The van der Waals surface area contributed by atoms with E-state index in [2.05, 4.69) is 31.2 Å². The maximum atomic E-state index is 12.7. The molecule has 0 saturated heterocycles. The van der Waals surface area contributed by atoms with E-state index in [1.54, 1.807) is 30.3 Å². The van der Waals surface area contributed by atoms with Gasteiger partial charge in [-0.25, -0.2) is 13.4 Å². The molecule has 1 amide bonds. The van der Waals surface area contributed by atoms with Crippen LogP contribution < -0.4 is 10.9 Å². The number of hydrogen-bond donors (Lipinski definition) is 2. The minimum absolute atomic E-state index is 0.0000296. The van der Waals surface area contributed by atoms with E-state index in [-0.39, 0.29) is 21.7 Å². The van der Waals surface area contributed by atoms with Gasteiger partial charge in [0.05, 0.1) is 16.8 Å². The van der Waals surface area contributed by atoms with Crippen molar-refractivity contribution in [3.63, 3.8) is 0 Å². The van der Waals surface area contributed by atoms with Crippen LogP contribution in [0.5, 0.6) is 0 Å². The molecule has 7 nitrogen and oxygen atoms in total. The van der Waals surface area contributed by atoms with E-state index in [0.717, 1.165) is 34.4 Å². The van der Waals surface area contributed by atoms with Crippen LogP contribution in [0.4, 0.5) is 5.69 Å². The highest BCUT2D eigenvalue weighted by Gasteiger charge is 2.22. The van der Waals surface area contributed by atoms with E-state index < -0.39 is 20.3 Å². The van der Waals surface area contributed by atoms with E-state index >= 15 is 0 Å². The Hall–Kier alpha value is -2.43. The van der Waals surface area contributed by atoms with E-state index in [4.69, 9.17) is 0 Å². The number of H-pyrrole nitrogens is 1. The fraction of sp³-hybridized carbons (Fsp3) is 0.150. The number of sulfone groups is 1. The average Bonchev–Trinajstić information content (AvgIpc) is 2.72. The summed E-state index contributed by atoms with van der Waals surface area (Å²) < 4.78 is 26.3. The zero-order valence-electron chi connectivity index (χ0n) is 15.9. The summed E-state index contributed by atoms with van der Waals surface area (Å²) in [6.45, 7) is 1.97. The first-order valence-corrected chi connectivity index (χ1v) is 12.2. The number of amides is 1. The lowest BCUT2D eigenvalue weighted by Gasteiger charge is -2.07. The molecule has 0 fully saturated rings. The van der Waals surface area contributed by atoms with Crippen LogP contribution in [0.1, 0.15) is 12.5 Å². The molecular formula is C20H18BrN3O4S2. The van der Waals surface area contributed by atoms with Gasteiger partial charge in [0.15, 0.2) is 10.1 Å². The maximum absolute atomic E-state index is 12.7. The predicted octanol–water partition coefficient (Wildman–Crippen LogP) is 3.66. The molecule has 2 N–H and O–H groups in total. The number of nitrogens with one attached hydrogen (secondary N) is 2. The number of carbonyl (C=O) groups is 1. The topological polar surface area (TPSA) is 109 Å². The minimum atomic E-state index is -3.99. The van der Waals surface area contributed by atoms with Crippen molar-refractivity contribution in [3.8, 4) is 0 Å². The molecule has 3 aromatic rings. The molecule has 1 heterocycles. The van der Waals surface area contributed by atoms with Gasteiger partial charge in [-0.2, -0.15) is 0 Å². The molecule has 0 radical (unpaired) electrons. The van der Waals surface area contributed by atoms with Crippen LogP contribution in [0.3, 0.4) is 0 Å². The molecule has 0 atom stereocenters. The summed E-state index contributed by atoms with van der Waals surface area (Å²) in [5.74, 6) is -0.284. The zero-order valence-corrected chi connectivity index (χ0v) is 19.1. The van der Waals surface area contributed by atoms with E-state index in [1.807, 2.05) is 13.0 Å². The van der Waals surface area contributed by atoms with Gasteiger partial charge in [0.1, 0.15) is 0 Å². The second-order valence-corrected chi connectivity index (χ2v) is 10.0. The number of aryl methyl sites for hydroxylation is 1. The van der Waals surface area contributed by atoms with Crippen molar-refractivity contribution >= 4 is 49.1 Å². The second kappa shape index (κ2) is 9.59. The van der Waals surface area contributed by atoms with Crippen LogP contribution in [0, 0.1) is 0 Å². The molecule has 0 aliphatic carbocycles. The molecule has 0 bridgehead atoms. The average molecular weight is 508 g/mol. The number of carbonyl (C=O) groups excluding carboxylic acids is 1. The molecule has 1 aromatic heterocycles. The Labute approximate surface area is 186 Å². The predicted molar refractivity (Wildman–Crippen MR) is 120 cm³/mol. The Morgan fingerprint density at radius 1 is 1.20 bits per heavy atom. The molecule has 30 heavy (non-hydrogen) atoms. The summed E-state index contributed by atoms with van der Waals surface area (Å²) in [4.78, 5) is 30.5. The minimum Gasteiger partial charge on any atom is -0.325 e. The number of nitrogens with zero attached hydrogens (tertiary/aromatic N) is 1. The van der Waals surface area contributed by atoms with Crippen LogP contribution >= 0.6 is 27.7 Å². The highest BCUT2D eigenvalue weighted by Crippen LogP contribution is 2.20. The van der Waals surface area contributed by atoms with Crippen molar-refractivity contribution in [1.82, 2.24) is 9.97 Å². The summed E-state index contributed by atoms with van der Waals surface area (Å²) in [5, 5.41) is 2.89. The maximum Gasteiger partial charge on any atom is 0.270 e. The van der Waals surface area contributed by atoms with Gasteiger partial charge in [-0.3, -0.25) is 9.59 Å². The third-order valence-corrected chi connectivity index (χ3v) is 7.27. The van der Waals surface area contributed by atoms with Crippen molar-refractivity contribution in [2.24, 2.45) is 0 Å². The number of hydrogen-bond acceptors (Lipinski definition) is 6. The number of anilines is 1. The number of aromatic nitrogens is 2.